The van der Waals surface area contributed by atoms with Gasteiger partial charge in [0.1, 0.15) is 17.3 Å². The van der Waals surface area contributed by atoms with Crippen molar-refractivity contribution in [2.24, 2.45) is 5.73 Å². The third-order valence-corrected chi connectivity index (χ3v) is 8.59. The smallest absolute Gasteiger partial charge is 0.261 e. The average molecular weight is 603 g/mol. The van der Waals surface area contributed by atoms with Crippen molar-refractivity contribution in [1.29, 1.82) is 5.26 Å². The summed E-state index contributed by atoms with van der Waals surface area (Å²) in [5.41, 5.74) is 6.73. The van der Waals surface area contributed by atoms with Gasteiger partial charge in [0, 0.05) is 50.3 Å². The lowest BCUT2D eigenvalue weighted by Crippen LogP contribution is -2.49. The first-order chi connectivity index (χ1) is 19.4. The van der Waals surface area contributed by atoms with Crippen molar-refractivity contribution in [2.45, 2.75) is 24.8 Å². The molecule has 0 spiro atoms. The zero-order chi connectivity index (χ0) is 29.8. The Hall–Kier alpha value is -4.11. The van der Waals surface area contributed by atoms with Gasteiger partial charge >= 0.3 is 0 Å². The molecule has 0 saturated carbocycles. The number of hydrogen-bond donors (Lipinski definition) is 3. The van der Waals surface area contributed by atoms with Crippen LogP contribution in [0.25, 0.3) is 0 Å². The van der Waals surface area contributed by atoms with Crippen LogP contribution in [0, 0.1) is 18.3 Å². The van der Waals surface area contributed by atoms with Gasteiger partial charge in [-0.3, -0.25) is 14.2 Å². The highest BCUT2D eigenvalue weighted by Gasteiger charge is 2.29. The van der Waals surface area contributed by atoms with Crippen LogP contribution in [-0.2, 0) is 26.6 Å². The molecule has 4 rings (SSSR count). The summed E-state index contributed by atoms with van der Waals surface area (Å²) in [4.78, 5) is 23.4. The maximum atomic E-state index is 13.3. The van der Waals surface area contributed by atoms with Crippen molar-refractivity contribution >= 4 is 43.4 Å². The second kappa shape index (κ2) is 12.2. The van der Waals surface area contributed by atoms with Gasteiger partial charge in [-0.1, -0.05) is 0 Å². The van der Waals surface area contributed by atoms with Gasteiger partial charge in [0.25, 0.3) is 5.91 Å². The van der Waals surface area contributed by atoms with E-state index in [4.69, 9.17) is 11.0 Å². The number of sulfonamides is 2. The van der Waals surface area contributed by atoms with Gasteiger partial charge in [0.2, 0.25) is 26.0 Å². The molecule has 2 aromatic heterocycles. The number of amides is 1. The predicted octanol–water partition coefficient (Wildman–Crippen LogP) is 0.337. The number of piperazine rings is 1. The number of carbonyl (C=O) groups is 1. The maximum Gasteiger partial charge on any atom is 0.261 e. The van der Waals surface area contributed by atoms with E-state index in [0.29, 0.717) is 49.9 Å². The van der Waals surface area contributed by atoms with Crippen molar-refractivity contribution in [3.05, 3.63) is 53.5 Å². The summed E-state index contributed by atoms with van der Waals surface area (Å²) in [7, 11) is -7.51. The summed E-state index contributed by atoms with van der Waals surface area (Å²) >= 11 is 0. The molecule has 0 bridgehead atoms. The van der Waals surface area contributed by atoms with Gasteiger partial charge in [-0.2, -0.15) is 14.7 Å². The van der Waals surface area contributed by atoms with Crippen LogP contribution in [-0.4, -0.2) is 85.8 Å². The Labute approximate surface area is 238 Å². The lowest BCUT2D eigenvalue weighted by molar-refractivity contribution is 0.102. The average Bonchev–Trinajstić information content (AvgIpc) is 3.33. The second-order valence-electron chi connectivity index (χ2n) is 9.35. The van der Waals surface area contributed by atoms with E-state index in [-0.39, 0.29) is 35.1 Å². The molecule has 0 aliphatic carbocycles. The Bertz CT molecular complexity index is 1670. The largest absolute Gasteiger partial charge is 0.338 e. The number of nitriles is 1. The molecule has 4 N–H and O–H groups in total. The summed E-state index contributed by atoms with van der Waals surface area (Å²) in [6.07, 6.45) is 2.95. The molecule has 1 saturated heterocycles. The number of aryl methyl sites for hydroxylation is 2. The van der Waals surface area contributed by atoms with Gasteiger partial charge in [0.15, 0.2) is 5.82 Å². The molecular formula is C24H30N10O5S2. The number of nitrogens with zero attached hydrogens (tertiary/aromatic N) is 7. The van der Waals surface area contributed by atoms with Crippen LogP contribution in [0.3, 0.4) is 0 Å². The van der Waals surface area contributed by atoms with E-state index in [9.17, 15) is 21.6 Å². The molecular weight excluding hydrogens is 572 g/mol. The minimum Gasteiger partial charge on any atom is -0.338 e. The molecule has 0 unspecified atom stereocenters. The minimum atomic E-state index is -3.82. The van der Waals surface area contributed by atoms with E-state index in [2.05, 4.69) is 25.1 Å². The second-order valence-corrected chi connectivity index (χ2v) is 13.0. The molecule has 218 valence electrons. The van der Waals surface area contributed by atoms with Crippen molar-refractivity contribution in [2.75, 3.05) is 53.9 Å². The van der Waals surface area contributed by atoms with Gasteiger partial charge < -0.3 is 16.0 Å². The first kappa shape index (κ1) is 29.9. The molecule has 1 aliphatic rings. The molecule has 17 heteroatoms. The molecule has 15 nitrogen and oxygen atoms in total. The number of rotatable bonds is 10. The van der Waals surface area contributed by atoms with E-state index in [0.717, 1.165) is 6.26 Å². The van der Waals surface area contributed by atoms with Crippen LogP contribution in [0.15, 0.2) is 41.4 Å². The summed E-state index contributed by atoms with van der Waals surface area (Å²) < 4.78 is 55.1. The highest BCUT2D eigenvalue weighted by molar-refractivity contribution is 7.92. The number of hydrogen-bond acceptors (Lipinski definition) is 11. The summed E-state index contributed by atoms with van der Waals surface area (Å²) in [5.74, 6) is -0.362. The maximum absolute atomic E-state index is 13.3. The monoisotopic (exact) mass is 602 g/mol. The summed E-state index contributed by atoms with van der Waals surface area (Å²) in [6.45, 7) is 3.65. The fraction of sp³-hybridized carbons (Fsp3) is 0.375. The third kappa shape index (κ3) is 7.35. The van der Waals surface area contributed by atoms with Crippen molar-refractivity contribution < 1.29 is 21.6 Å². The SMILES string of the molecule is Cc1cc(C#N)nc(N2CCN(S(=O)(=O)c3ccc(NC(=O)c4cn(CCCN)nc4NS(C)(=O)=O)cc3)CC2)n1. The zero-order valence-electron chi connectivity index (χ0n) is 22.5. The summed E-state index contributed by atoms with van der Waals surface area (Å²) in [5, 5.41) is 15.9. The lowest BCUT2D eigenvalue weighted by Gasteiger charge is -2.34. The molecule has 0 atom stereocenters. The first-order valence-electron chi connectivity index (χ1n) is 12.6. The zero-order valence-corrected chi connectivity index (χ0v) is 24.1. The topological polar surface area (TPSA) is 209 Å². The highest BCUT2D eigenvalue weighted by Crippen LogP contribution is 2.23. The fourth-order valence-electron chi connectivity index (χ4n) is 4.14. The van der Waals surface area contributed by atoms with E-state index < -0.39 is 26.0 Å². The molecule has 3 heterocycles. The van der Waals surface area contributed by atoms with Gasteiger partial charge in [-0.05, 0) is 50.2 Å². The van der Waals surface area contributed by atoms with E-state index in [1.165, 1.54) is 39.4 Å². The first-order valence-corrected chi connectivity index (χ1v) is 15.9. The predicted molar refractivity (Wildman–Crippen MR) is 151 cm³/mol. The molecule has 1 aliphatic heterocycles. The van der Waals surface area contributed by atoms with Crippen molar-refractivity contribution in [3.63, 3.8) is 0 Å². The number of carbonyl (C=O) groups excluding carboxylic acids is 1. The van der Waals surface area contributed by atoms with E-state index in [1.807, 2.05) is 11.0 Å². The lowest BCUT2D eigenvalue weighted by atomic mass is 10.2. The Morgan fingerprint density at radius 2 is 1.78 bits per heavy atom. The standard InChI is InChI=1S/C24H30N10O5S2/c1-17-14-19(15-26)29-24(27-17)32-10-12-34(13-11-32)41(38,39)20-6-4-18(5-7-20)28-23(35)21-16-33(9-3-8-25)30-22(21)31-40(2,36)37/h4-7,14,16H,3,8-13,25H2,1-2H3,(H,28,35)(H,30,31). The fourth-order valence-corrected chi connectivity index (χ4v) is 6.07. The van der Waals surface area contributed by atoms with Gasteiger partial charge in [-0.15, -0.1) is 0 Å². The Balaban J connectivity index is 1.43. The van der Waals surface area contributed by atoms with Crippen LogP contribution in [0.1, 0.15) is 28.2 Å². The molecule has 41 heavy (non-hydrogen) atoms. The minimum absolute atomic E-state index is 0.00138. The molecule has 1 aromatic carbocycles. The Morgan fingerprint density at radius 3 is 2.39 bits per heavy atom. The van der Waals surface area contributed by atoms with E-state index >= 15 is 0 Å². The van der Waals surface area contributed by atoms with Crippen LogP contribution >= 0.6 is 0 Å². The quantitative estimate of drug-likeness (QED) is 0.288. The number of aromatic nitrogens is 4. The van der Waals surface area contributed by atoms with Crippen molar-refractivity contribution in [1.82, 2.24) is 24.1 Å². The van der Waals surface area contributed by atoms with Crippen molar-refractivity contribution in [3.8, 4) is 6.07 Å². The molecule has 1 amide bonds. The third-order valence-electron chi connectivity index (χ3n) is 6.11. The number of nitrogens with two attached hydrogens (primary N) is 1. The normalized spacial score (nSPS) is 14.4. The van der Waals surface area contributed by atoms with Crippen LogP contribution < -0.4 is 20.7 Å². The Morgan fingerprint density at radius 1 is 1.10 bits per heavy atom. The van der Waals surface area contributed by atoms with Gasteiger partial charge in [-0.25, -0.2) is 26.8 Å². The Kier molecular flexibility index (Phi) is 8.87. The number of benzene rings is 1. The van der Waals surface area contributed by atoms with Crippen LogP contribution in [0.5, 0.6) is 0 Å². The van der Waals surface area contributed by atoms with Crippen LogP contribution in [0.2, 0.25) is 0 Å². The van der Waals surface area contributed by atoms with Gasteiger partial charge in [0.05, 0.1) is 11.2 Å². The highest BCUT2D eigenvalue weighted by atomic mass is 32.2. The number of anilines is 3. The number of nitrogens with one attached hydrogen (secondary N) is 2. The molecule has 1 fully saturated rings. The van der Waals surface area contributed by atoms with Crippen LogP contribution in [0.4, 0.5) is 17.5 Å². The molecule has 3 aromatic rings. The van der Waals surface area contributed by atoms with E-state index in [1.54, 1.807) is 13.0 Å². The molecule has 0 radical (unpaired) electrons. The summed E-state index contributed by atoms with van der Waals surface area (Å²) in [6, 6.07) is 9.27.